The summed E-state index contributed by atoms with van der Waals surface area (Å²) in [5.41, 5.74) is 0. The lowest BCUT2D eigenvalue weighted by atomic mass is 10.2. The monoisotopic (exact) mass is 146 g/mol. The summed E-state index contributed by atoms with van der Waals surface area (Å²) < 4.78 is 0. The Morgan fingerprint density at radius 2 is 2.00 bits per heavy atom. The van der Waals surface area contributed by atoms with Crippen LogP contribution in [-0.4, -0.2) is 10.7 Å². The molecule has 0 amide bonds. The van der Waals surface area contributed by atoms with Gasteiger partial charge in [-0.05, 0) is 19.8 Å². The van der Waals surface area contributed by atoms with Crippen molar-refractivity contribution in [2.45, 2.75) is 25.6 Å². The summed E-state index contributed by atoms with van der Waals surface area (Å²) in [6.45, 7) is 5.54. The Kier molecular flexibility index (Phi) is 1.35. The Bertz CT molecular complexity index is 151. The van der Waals surface area contributed by atoms with Gasteiger partial charge in [0.25, 0.3) is 0 Å². The fourth-order valence-electron chi connectivity index (χ4n) is 1.44. The summed E-state index contributed by atoms with van der Waals surface area (Å²) >= 11 is 5.93. The Labute approximate surface area is 60.4 Å². The van der Waals surface area contributed by atoms with Crippen LogP contribution in [0.4, 0.5) is 0 Å². The van der Waals surface area contributed by atoms with Gasteiger partial charge in [0.2, 0.25) is 0 Å². The molecule has 9 heavy (non-hydrogen) atoms. The van der Waals surface area contributed by atoms with Crippen molar-refractivity contribution < 1.29 is 4.79 Å². The number of ketones is 1. The molecule has 0 bridgehead atoms. The van der Waals surface area contributed by atoms with Gasteiger partial charge in [-0.15, -0.1) is 11.6 Å². The summed E-state index contributed by atoms with van der Waals surface area (Å²) in [6, 6.07) is 0. The number of hydrogen-bond acceptors (Lipinski definition) is 1. The van der Waals surface area contributed by atoms with Crippen LogP contribution in [0.1, 0.15) is 20.8 Å². The molecule has 3 unspecified atom stereocenters. The number of halogens is 1. The van der Waals surface area contributed by atoms with E-state index in [0.717, 1.165) is 0 Å². The minimum Gasteiger partial charge on any atom is -0.300 e. The van der Waals surface area contributed by atoms with Gasteiger partial charge in [0.1, 0.15) is 5.78 Å². The minimum atomic E-state index is -0.230. The molecule has 0 radical (unpaired) electrons. The van der Waals surface area contributed by atoms with E-state index in [1.807, 2.05) is 13.8 Å². The van der Waals surface area contributed by atoms with Gasteiger partial charge >= 0.3 is 0 Å². The highest BCUT2D eigenvalue weighted by Crippen LogP contribution is 2.55. The third kappa shape index (κ3) is 0.877. The third-order valence-corrected chi connectivity index (χ3v) is 2.91. The average molecular weight is 147 g/mol. The first-order valence-electron chi connectivity index (χ1n) is 3.17. The van der Waals surface area contributed by atoms with Crippen LogP contribution in [-0.2, 0) is 4.79 Å². The molecule has 1 rings (SSSR count). The van der Waals surface area contributed by atoms with Crippen LogP contribution in [0.2, 0.25) is 0 Å². The van der Waals surface area contributed by atoms with Crippen molar-refractivity contribution in [1.29, 1.82) is 0 Å². The van der Waals surface area contributed by atoms with Gasteiger partial charge in [0, 0.05) is 5.92 Å². The molecule has 0 aromatic rings. The highest BCUT2D eigenvalue weighted by molar-refractivity contribution is 6.28. The van der Waals surface area contributed by atoms with E-state index in [4.69, 9.17) is 11.6 Å². The van der Waals surface area contributed by atoms with Crippen molar-refractivity contribution in [3.05, 3.63) is 0 Å². The summed E-state index contributed by atoms with van der Waals surface area (Å²) in [7, 11) is 0. The van der Waals surface area contributed by atoms with Gasteiger partial charge in [-0.1, -0.05) is 6.92 Å². The Morgan fingerprint density at radius 1 is 1.67 bits per heavy atom. The van der Waals surface area contributed by atoms with Crippen LogP contribution in [0.3, 0.4) is 0 Å². The molecule has 0 aromatic carbocycles. The number of rotatable bonds is 1. The van der Waals surface area contributed by atoms with E-state index in [-0.39, 0.29) is 16.6 Å². The molecule has 0 aromatic heterocycles. The molecule has 1 aliphatic carbocycles. The van der Waals surface area contributed by atoms with E-state index in [2.05, 4.69) is 0 Å². The van der Waals surface area contributed by atoms with Crippen LogP contribution in [0.5, 0.6) is 0 Å². The molecule has 3 atom stereocenters. The fraction of sp³-hybridized carbons (Fsp3) is 0.857. The molecule has 1 nitrogen and oxygen atoms in total. The van der Waals surface area contributed by atoms with Crippen LogP contribution >= 0.6 is 11.6 Å². The maximum atomic E-state index is 10.7. The van der Waals surface area contributed by atoms with E-state index in [1.54, 1.807) is 6.92 Å². The predicted octanol–water partition coefficient (Wildman–Crippen LogP) is 1.84. The topological polar surface area (TPSA) is 17.1 Å². The van der Waals surface area contributed by atoms with Gasteiger partial charge in [-0.25, -0.2) is 0 Å². The molecule has 1 fully saturated rings. The second-order valence-corrected chi connectivity index (χ2v) is 3.84. The van der Waals surface area contributed by atoms with Gasteiger partial charge < -0.3 is 0 Å². The maximum absolute atomic E-state index is 10.7. The molecular weight excluding hydrogens is 136 g/mol. The SMILES string of the molecule is CC(=O)C1C(C)C1(C)Cl. The van der Waals surface area contributed by atoms with Crippen molar-refractivity contribution in [2.75, 3.05) is 0 Å². The maximum Gasteiger partial charge on any atom is 0.134 e. The highest BCUT2D eigenvalue weighted by Gasteiger charge is 2.59. The quantitative estimate of drug-likeness (QED) is 0.516. The second kappa shape index (κ2) is 1.72. The summed E-state index contributed by atoms with van der Waals surface area (Å²) in [5, 5.41) is 0. The van der Waals surface area contributed by atoms with E-state index >= 15 is 0 Å². The molecule has 0 N–H and O–H groups in total. The lowest BCUT2D eigenvalue weighted by molar-refractivity contribution is -0.118. The standard InChI is InChI=1S/C7H11ClO/c1-4-6(5(2)9)7(4,3)8/h4,6H,1-3H3. The van der Waals surface area contributed by atoms with Crippen LogP contribution in [0.15, 0.2) is 0 Å². The van der Waals surface area contributed by atoms with Crippen LogP contribution in [0.25, 0.3) is 0 Å². The molecule has 0 spiro atoms. The van der Waals surface area contributed by atoms with Crippen LogP contribution in [0, 0.1) is 11.8 Å². The number of Topliss-reactive ketones (excluding diaryl/α,β-unsaturated/α-hetero) is 1. The number of hydrogen-bond donors (Lipinski definition) is 0. The molecule has 1 aliphatic rings. The summed E-state index contributed by atoms with van der Waals surface area (Å²) in [6.07, 6.45) is 0. The highest BCUT2D eigenvalue weighted by atomic mass is 35.5. The van der Waals surface area contributed by atoms with Crippen molar-refractivity contribution in [2.24, 2.45) is 11.8 Å². The van der Waals surface area contributed by atoms with Gasteiger partial charge in [0.15, 0.2) is 0 Å². The predicted molar refractivity (Wildman–Crippen MR) is 37.6 cm³/mol. The van der Waals surface area contributed by atoms with Crippen molar-refractivity contribution in [1.82, 2.24) is 0 Å². The fourth-order valence-corrected chi connectivity index (χ4v) is 1.84. The van der Waals surface area contributed by atoms with E-state index in [9.17, 15) is 4.79 Å². The molecular formula is C7H11ClO. The third-order valence-electron chi connectivity index (χ3n) is 2.33. The molecule has 1 saturated carbocycles. The molecule has 0 heterocycles. The van der Waals surface area contributed by atoms with Gasteiger partial charge in [0.05, 0.1) is 4.87 Å². The normalized spacial score (nSPS) is 48.9. The summed E-state index contributed by atoms with van der Waals surface area (Å²) in [4.78, 5) is 10.5. The smallest absolute Gasteiger partial charge is 0.134 e. The Balaban J connectivity index is 2.62. The molecule has 0 aliphatic heterocycles. The molecule has 52 valence electrons. The summed E-state index contributed by atoms with van der Waals surface area (Å²) in [5.74, 6) is 0.704. The van der Waals surface area contributed by atoms with Crippen molar-refractivity contribution in [3.63, 3.8) is 0 Å². The first-order valence-corrected chi connectivity index (χ1v) is 3.55. The number of alkyl halides is 1. The van der Waals surface area contributed by atoms with Gasteiger partial charge in [-0.2, -0.15) is 0 Å². The number of carbonyl (C=O) groups is 1. The molecule has 2 heteroatoms. The van der Waals surface area contributed by atoms with Crippen molar-refractivity contribution >= 4 is 17.4 Å². The Hall–Kier alpha value is -0.0400. The minimum absolute atomic E-state index is 0.110. The zero-order valence-electron chi connectivity index (χ0n) is 5.94. The first kappa shape index (κ1) is 7.07. The first-order chi connectivity index (χ1) is 3.98. The van der Waals surface area contributed by atoms with Crippen LogP contribution < -0.4 is 0 Å². The Morgan fingerprint density at radius 3 is 2.00 bits per heavy atom. The average Bonchev–Trinajstić information content (AvgIpc) is 2.07. The second-order valence-electron chi connectivity index (χ2n) is 3.03. The largest absolute Gasteiger partial charge is 0.300 e. The van der Waals surface area contributed by atoms with E-state index in [0.29, 0.717) is 5.92 Å². The zero-order valence-corrected chi connectivity index (χ0v) is 6.70. The molecule has 0 saturated heterocycles. The number of carbonyl (C=O) groups excluding carboxylic acids is 1. The zero-order chi connectivity index (χ0) is 7.23. The van der Waals surface area contributed by atoms with Gasteiger partial charge in [-0.3, -0.25) is 4.79 Å². The lowest BCUT2D eigenvalue weighted by Gasteiger charge is -1.93. The lowest BCUT2D eigenvalue weighted by Crippen LogP contribution is -2.02. The van der Waals surface area contributed by atoms with Crippen molar-refractivity contribution in [3.8, 4) is 0 Å². The van der Waals surface area contributed by atoms with E-state index in [1.165, 1.54) is 0 Å². The van der Waals surface area contributed by atoms with E-state index < -0.39 is 0 Å².